The van der Waals surface area contributed by atoms with Crippen LogP contribution in [0.25, 0.3) is 6.08 Å². The summed E-state index contributed by atoms with van der Waals surface area (Å²) in [5, 5.41) is 2.90. The predicted octanol–water partition coefficient (Wildman–Crippen LogP) is 3.62. The second kappa shape index (κ2) is 10.6. The summed E-state index contributed by atoms with van der Waals surface area (Å²) in [7, 11) is 0. The number of amidine groups is 1. The molecule has 168 valence electrons. The Labute approximate surface area is 189 Å². The number of hydrogen-bond donors (Lipinski definition) is 3. The van der Waals surface area contributed by atoms with Crippen LogP contribution in [0.2, 0.25) is 0 Å². The molecule has 3 rings (SSSR count). The number of carbonyl (C=O) groups excluding carboxylic acids is 2. The Kier molecular flexibility index (Phi) is 7.65. The highest BCUT2D eigenvalue weighted by Gasteiger charge is 2.21. The first kappa shape index (κ1) is 23.1. The summed E-state index contributed by atoms with van der Waals surface area (Å²) < 4.78 is 0. The van der Waals surface area contributed by atoms with Crippen LogP contribution in [-0.2, 0) is 11.3 Å². The minimum absolute atomic E-state index is 0.0105. The zero-order valence-electron chi connectivity index (χ0n) is 18.7. The van der Waals surface area contributed by atoms with Gasteiger partial charge in [-0.2, -0.15) is 0 Å². The Morgan fingerprint density at radius 3 is 2.50 bits per heavy atom. The molecule has 0 aliphatic carbocycles. The molecule has 1 aliphatic rings. The topological polar surface area (TPSA) is 114 Å². The summed E-state index contributed by atoms with van der Waals surface area (Å²) in [5.74, 6) is 0.128. The van der Waals surface area contributed by atoms with Crippen molar-refractivity contribution in [3.8, 4) is 0 Å². The lowest BCUT2D eigenvalue weighted by Crippen LogP contribution is -2.34. The van der Waals surface area contributed by atoms with Gasteiger partial charge < -0.3 is 21.7 Å². The van der Waals surface area contributed by atoms with E-state index >= 15 is 0 Å². The SMILES string of the molecule is CCCN(CCC)C(=O)C1=Cc2ccc(C(=O)NCc3cccc(N)c3)cc2N=C(N)C1. The number of benzene rings is 2. The lowest BCUT2D eigenvalue weighted by Gasteiger charge is -2.22. The molecule has 0 bridgehead atoms. The van der Waals surface area contributed by atoms with Crippen LogP contribution in [0.1, 0.15) is 54.6 Å². The first-order valence-corrected chi connectivity index (χ1v) is 11.0. The number of hydrogen-bond acceptors (Lipinski definition) is 5. The normalized spacial score (nSPS) is 12.8. The molecule has 7 nitrogen and oxygen atoms in total. The van der Waals surface area contributed by atoms with Crippen LogP contribution in [-0.4, -0.2) is 35.6 Å². The smallest absolute Gasteiger partial charge is 0.251 e. The van der Waals surface area contributed by atoms with Crippen molar-refractivity contribution in [2.75, 3.05) is 18.8 Å². The van der Waals surface area contributed by atoms with Gasteiger partial charge >= 0.3 is 0 Å². The molecule has 0 atom stereocenters. The first-order chi connectivity index (χ1) is 15.4. The summed E-state index contributed by atoms with van der Waals surface area (Å²) in [5.41, 5.74) is 15.9. The van der Waals surface area contributed by atoms with E-state index in [0.29, 0.717) is 48.0 Å². The van der Waals surface area contributed by atoms with E-state index in [1.807, 2.05) is 35.2 Å². The van der Waals surface area contributed by atoms with Crippen molar-refractivity contribution < 1.29 is 9.59 Å². The summed E-state index contributed by atoms with van der Waals surface area (Å²) >= 11 is 0. The van der Waals surface area contributed by atoms with Crippen LogP contribution < -0.4 is 16.8 Å². The fourth-order valence-electron chi connectivity index (χ4n) is 3.71. The van der Waals surface area contributed by atoms with Gasteiger partial charge in [0.25, 0.3) is 5.91 Å². The zero-order valence-corrected chi connectivity index (χ0v) is 18.7. The molecule has 5 N–H and O–H groups in total. The summed E-state index contributed by atoms with van der Waals surface area (Å²) in [6.45, 7) is 5.90. The lowest BCUT2D eigenvalue weighted by atomic mass is 10.0. The minimum Gasteiger partial charge on any atom is -0.399 e. The van der Waals surface area contributed by atoms with Crippen molar-refractivity contribution in [3.63, 3.8) is 0 Å². The number of amides is 2. The van der Waals surface area contributed by atoms with Gasteiger partial charge in [-0.05, 0) is 48.7 Å². The highest BCUT2D eigenvalue weighted by molar-refractivity contribution is 6.06. The Balaban J connectivity index is 1.80. The third-order valence-corrected chi connectivity index (χ3v) is 5.21. The number of anilines is 1. The van der Waals surface area contributed by atoms with E-state index in [-0.39, 0.29) is 18.2 Å². The van der Waals surface area contributed by atoms with E-state index in [9.17, 15) is 9.59 Å². The zero-order chi connectivity index (χ0) is 23.1. The van der Waals surface area contributed by atoms with Crippen molar-refractivity contribution in [1.29, 1.82) is 0 Å². The van der Waals surface area contributed by atoms with Gasteiger partial charge in [0.05, 0.1) is 5.69 Å². The molecular weight excluding hydrogens is 402 g/mol. The van der Waals surface area contributed by atoms with Crippen molar-refractivity contribution >= 4 is 35.1 Å². The van der Waals surface area contributed by atoms with Crippen LogP contribution in [0.4, 0.5) is 11.4 Å². The maximum Gasteiger partial charge on any atom is 0.251 e. The van der Waals surface area contributed by atoms with Crippen LogP contribution in [0, 0.1) is 0 Å². The van der Waals surface area contributed by atoms with E-state index in [1.54, 1.807) is 18.2 Å². The van der Waals surface area contributed by atoms with Crippen LogP contribution >= 0.6 is 0 Å². The van der Waals surface area contributed by atoms with Gasteiger partial charge in [0.2, 0.25) is 5.91 Å². The Hall–Kier alpha value is -3.61. The molecule has 7 heteroatoms. The van der Waals surface area contributed by atoms with Gasteiger partial charge in [0.1, 0.15) is 5.84 Å². The molecule has 2 aromatic rings. The molecular formula is C25H31N5O2. The summed E-state index contributed by atoms with van der Waals surface area (Å²) in [6, 6.07) is 12.6. The number of aliphatic imine (C=N–C) groups is 1. The largest absolute Gasteiger partial charge is 0.399 e. The molecule has 0 aromatic heterocycles. The van der Waals surface area contributed by atoms with Gasteiger partial charge in [-0.3, -0.25) is 9.59 Å². The Bertz CT molecular complexity index is 1050. The molecule has 0 unspecified atom stereocenters. The lowest BCUT2D eigenvalue weighted by molar-refractivity contribution is -0.127. The van der Waals surface area contributed by atoms with Crippen LogP contribution in [0.5, 0.6) is 0 Å². The third-order valence-electron chi connectivity index (χ3n) is 5.21. The fraction of sp³-hybridized carbons (Fsp3) is 0.320. The Morgan fingerprint density at radius 1 is 1.06 bits per heavy atom. The monoisotopic (exact) mass is 433 g/mol. The Morgan fingerprint density at radius 2 is 1.81 bits per heavy atom. The third kappa shape index (κ3) is 5.75. The van der Waals surface area contributed by atoms with Gasteiger partial charge in [-0.1, -0.05) is 32.0 Å². The number of nitrogens with two attached hydrogens (primary N) is 2. The van der Waals surface area contributed by atoms with E-state index in [0.717, 1.165) is 24.0 Å². The molecule has 0 fully saturated rings. The molecule has 0 saturated carbocycles. The number of nitrogens with one attached hydrogen (secondary N) is 1. The molecule has 0 spiro atoms. The quantitative estimate of drug-likeness (QED) is 0.552. The highest BCUT2D eigenvalue weighted by Crippen LogP contribution is 2.28. The average molecular weight is 434 g/mol. The van der Waals surface area contributed by atoms with Gasteiger partial charge in [-0.15, -0.1) is 0 Å². The minimum atomic E-state index is -0.217. The molecule has 2 aromatic carbocycles. The maximum atomic E-state index is 13.1. The maximum absolute atomic E-state index is 13.1. The molecule has 1 aliphatic heterocycles. The molecule has 32 heavy (non-hydrogen) atoms. The van der Waals surface area contributed by atoms with Crippen molar-refractivity contribution in [2.45, 2.75) is 39.7 Å². The molecule has 1 heterocycles. The predicted molar refractivity (Wildman–Crippen MR) is 130 cm³/mol. The number of nitrogen functional groups attached to an aromatic ring is 1. The second-order valence-corrected chi connectivity index (χ2v) is 7.94. The van der Waals surface area contributed by atoms with E-state index in [2.05, 4.69) is 24.2 Å². The molecule has 2 amide bonds. The average Bonchev–Trinajstić information content (AvgIpc) is 2.94. The van der Waals surface area contributed by atoms with Crippen molar-refractivity contribution in [1.82, 2.24) is 10.2 Å². The highest BCUT2D eigenvalue weighted by atomic mass is 16.2. The number of rotatable bonds is 8. The number of carbonyl (C=O) groups is 2. The van der Waals surface area contributed by atoms with Gasteiger partial charge in [0.15, 0.2) is 0 Å². The second-order valence-electron chi connectivity index (χ2n) is 7.94. The summed E-state index contributed by atoms with van der Waals surface area (Å²) in [6.07, 6.45) is 3.92. The molecule has 0 saturated heterocycles. The van der Waals surface area contributed by atoms with E-state index in [1.165, 1.54) is 0 Å². The number of fused-ring (bicyclic) bond motifs is 1. The van der Waals surface area contributed by atoms with Crippen LogP contribution in [0.15, 0.2) is 53.0 Å². The van der Waals surface area contributed by atoms with Crippen molar-refractivity contribution in [2.24, 2.45) is 10.7 Å². The fourth-order valence-corrected chi connectivity index (χ4v) is 3.71. The molecule has 0 radical (unpaired) electrons. The number of nitrogens with zero attached hydrogens (tertiary/aromatic N) is 2. The first-order valence-electron chi connectivity index (χ1n) is 11.0. The standard InChI is InChI=1S/C25H31N5O2/c1-3-10-30(11-4-2)25(32)20-13-18-8-9-19(14-22(18)29-23(27)15-20)24(31)28-16-17-6-5-7-21(26)12-17/h5-9,12-14H,3-4,10-11,15-16,26H2,1-2H3,(H2,27,29)(H,28,31). The summed E-state index contributed by atoms with van der Waals surface area (Å²) in [4.78, 5) is 32.1. The van der Waals surface area contributed by atoms with Gasteiger partial charge in [-0.25, -0.2) is 4.99 Å². The van der Waals surface area contributed by atoms with E-state index in [4.69, 9.17) is 11.5 Å². The van der Waals surface area contributed by atoms with Crippen molar-refractivity contribution in [3.05, 3.63) is 64.7 Å². The van der Waals surface area contributed by atoms with Crippen LogP contribution in [0.3, 0.4) is 0 Å². The van der Waals surface area contributed by atoms with Gasteiger partial charge in [0, 0.05) is 48.4 Å². The van der Waals surface area contributed by atoms with E-state index < -0.39 is 0 Å².